The summed E-state index contributed by atoms with van der Waals surface area (Å²) in [6.07, 6.45) is 5.33. The van der Waals surface area contributed by atoms with Crippen molar-refractivity contribution in [2.75, 3.05) is 11.9 Å². The van der Waals surface area contributed by atoms with Gasteiger partial charge in [-0.2, -0.15) is 5.10 Å². The molecule has 1 atom stereocenters. The minimum absolute atomic E-state index is 0.168. The lowest BCUT2D eigenvalue weighted by Gasteiger charge is -2.34. The lowest BCUT2D eigenvalue weighted by Crippen LogP contribution is -2.47. The number of hydrogen-bond donors (Lipinski definition) is 2. The molecule has 17 heavy (non-hydrogen) atoms. The first kappa shape index (κ1) is 11.9. The number of nitrogens with zero attached hydrogens (tertiary/aromatic N) is 3. The van der Waals surface area contributed by atoms with Gasteiger partial charge in [0, 0.05) is 18.9 Å². The van der Waals surface area contributed by atoms with Crippen LogP contribution in [0.4, 0.5) is 5.82 Å². The second kappa shape index (κ2) is 4.33. The van der Waals surface area contributed by atoms with Gasteiger partial charge in [-0.3, -0.25) is 0 Å². The number of hydrogen-bond acceptors (Lipinski definition) is 4. The summed E-state index contributed by atoms with van der Waals surface area (Å²) in [5.41, 5.74) is 6.66. The Labute approximate surface area is 101 Å². The van der Waals surface area contributed by atoms with Crippen LogP contribution in [0.15, 0.2) is 24.7 Å². The van der Waals surface area contributed by atoms with Gasteiger partial charge in [0.25, 0.3) is 0 Å². The topological polar surface area (TPSA) is 68.2 Å². The molecule has 2 heterocycles. The molecule has 0 saturated carbocycles. The van der Waals surface area contributed by atoms with Gasteiger partial charge in [-0.15, -0.1) is 0 Å². The summed E-state index contributed by atoms with van der Waals surface area (Å²) in [6, 6.07) is 1.94. The SMILES string of the molecule is CC(C)C(C)(CN)Nc1nccn2nccc12. The number of nitrogens with two attached hydrogens (primary N) is 1. The van der Waals surface area contributed by atoms with Crippen LogP contribution in [-0.4, -0.2) is 26.7 Å². The summed E-state index contributed by atoms with van der Waals surface area (Å²) in [6.45, 7) is 6.97. The van der Waals surface area contributed by atoms with Crippen LogP contribution < -0.4 is 11.1 Å². The fourth-order valence-corrected chi connectivity index (χ4v) is 1.66. The molecular formula is C12H19N5. The van der Waals surface area contributed by atoms with E-state index in [4.69, 9.17) is 5.73 Å². The molecule has 0 amide bonds. The highest BCUT2D eigenvalue weighted by atomic mass is 15.2. The predicted octanol–water partition coefficient (Wildman–Crippen LogP) is 1.51. The largest absolute Gasteiger partial charge is 0.362 e. The van der Waals surface area contributed by atoms with Gasteiger partial charge in [-0.25, -0.2) is 9.50 Å². The van der Waals surface area contributed by atoms with Gasteiger partial charge in [0.1, 0.15) is 5.52 Å². The minimum Gasteiger partial charge on any atom is -0.362 e. The third-order valence-corrected chi connectivity index (χ3v) is 3.43. The van der Waals surface area contributed by atoms with Crippen molar-refractivity contribution in [1.82, 2.24) is 14.6 Å². The van der Waals surface area contributed by atoms with Crippen LogP contribution >= 0.6 is 0 Å². The maximum Gasteiger partial charge on any atom is 0.152 e. The Kier molecular flexibility index (Phi) is 3.02. The van der Waals surface area contributed by atoms with E-state index in [-0.39, 0.29) is 5.54 Å². The Hall–Kier alpha value is -1.62. The number of fused-ring (bicyclic) bond motifs is 1. The van der Waals surface area contributed by atoms with E-state index in [1.165, 1.54) is 0 Å². The van der Waals surface area contributed by atoms with Crippen LogP contribution in [-0.2, 0) is 0 Å². The Morgan fingerprint density at radius 1 is 1.47 bits per heavy atom. The molecule has 5 heteroatoms. The van der Waals surface area contributed by atoms with Crippen molar-refractivity contribution in [3.05, 3.63) is 24.7 Å². The number of nitrogens with one attached hydrogen (secondary N) is 1. The summed E-state index contributed by atoms with van der Waals surface area (Å²) >= 11 is 0. The second-order valence-electron chi connectivity index (χ2n) is 4.84. The van der Waals surface area contributed by atoms with Crippen molar-refractivity contribution >= 4 is 11.3 Å². The highest BCUT2D eigenvalue weighted by molar-refractivity contribution is 5.67. The molecule has 0 spiro atoms. The lowest BCUT2D eigenvalue weighted by molar-refractivity contribution is 0.381. The second-order valence-corrected chi connectivity index (χ2v) is 4.84. The Morgan fingerprint density at radius 3 is 2.88 bits per heavy atom. The van der Waals surface area contributed by atoms with E-state index in [1.807, 2.05) is 12.3 Å². The molecule has 0 aromatic carbocycles. The van der Waals surface area contributed by atoms with Crippen LogP contribution in [0.3, 0.4) is 0 Å². The quantitative estimate of drug-likeness (QED) is 0.840. The zero-order valence-corrected chi connectivity index (χ0v) is 10.5. The molecule has 0 bridgehead atoms. The molecule has 3 N–H and O–H groups in total. The Morgan fingerprint density at radius 2 is 2.24 bits per heavy atom. The summed E-state index contributed by atoms with van der Waals surface area (Å²) in [5, 5.41) is 7.62. The van der Waals surface area contributed by atoms with Gasteiger partial charge in [-0.05, 0) is 18.9 Å². The first-order chi connectivity index (χ1) is 8.07. The highest BCUT2D eigenvalue weighted by Gasteiger charge is 2.27. The van der Waals surface area contributed by atoms with Gasteiger partial charge in [0.05, 0.1) is 11.7 Å². The molecule has 5 nitrogen and oxygen atoms in total. The number of aromatic nitrogens is 3. The third-order valence-electron chi connectivity index (χ3n) is 3.43. The fraction of sp³-hybridized carbons (Fsp3) is 0.500. The van der Waals surface area contributed by atoms with Crippen molar-refractivity contribution in [1.29, 1.82) is 0 Å². The molecule has 2 aromatic rings. The van der Waals surface area contributed by atoms with Crippen LogP contribution in [0, 0.1) is 5.92 Å². The predicted molar refractivity (Wildman–Crippen MR) is 68.9 cm³/mol. The van der Waals surface area contributed by atoms with Crippen LogP contribution in [0.25, 0.3) is 5.52 Å². The van der Waals surface area contributed by atoms with Crippen molar-refractivity contribution in [3.63, 3.8) is 0 Å². The summed E-state index contributed by atoms with van der Waals surface area (Å²) < 4.78 is 1.80. The molecule has 92 valence electrons. The van der Waals surface area contributed by atoms with E-state index in [0.717, 1.165) is 11.3 Å². The van der Waals surface area contributed by atoms with Gasteiger partial charge >= 0.3 is 0 Å². The minimum atomic E-state index is -0.168. The maximum atomic E-state index is 5.86. The van der Waals surface area contributed by atoms with Crippen molar-refractivity contribution in [2.24, 2.45) is 11.7 Å². The molecule has 0 aliphatic heterocycles. The molecule has 0 saturated heterocycles. The van der Waals surface area contributed by atoms with E-state index in [9.17, 15) is 0 Å². The molecule has 0 aliphatic rings. The smallest absolute Gasteiger partial charge is 0.152 e. The molecule has 1 unspecified atom stereocenters. The zero-order chi connectivity index (χ0) is 12.5. The average Bonchev–Trinajstić information content (AvgIpc) is 2.77. The zero-order valence-electron chi connectivity index (χ0n) is 10.5. The molecule has 0 aliphatic carbocycles. The van der Waals surface area contributed by atoms with E-state index in [1.54, 1.807) is 16.9 Å². The summed E-state index contributed by atoms with van der Waals surface area (Å²) in [4.78, 5) is 4.37. The first-order valence-electron chi connectivity index (χ1n) is 5.83. The van der Waals surface area contributed by atoms with Gasteiger partial charge < -0.3 is 11.1 Å². The number of rotatable bonds is 4. The number of anilines is 1. The van der Waals surface area contributed by atoms with E-state index >= 15 is 0 Å². The van der Waals surface area contributed by atoms with E-state index in [2.05, 4.69) is 36.2 Å². The summed E-state index contributed by atoms with van der Waals surface area (Å²) in [5.74, 6) is 1.24. The van der Waals surface area contributed by atoms with Crippen molar-refractivity contribution < 1.29 is 0 Å². The molecule has 2 aromatic heterocycles. The molecular weight excluding hydrogens is 214 g/mol. The molecule has 0 fully saturated rings. The van der Waals surface area contributed by atoms with Crippen molar-refractivity contribution in [2.45, 2.75) is 26.3 Å². The fourth-order valence-electron chi connectivity index (χ4n) is 1.66. The third kappa shape index (κ3) is 2.10. The normalized spacial score (nSPS) is 15.1. The van der Waals surface area contributed by atoms with E-state index < -0.39 is 0 Å². The average molecular weight is 233 g/mol. The van der Waals surface area contributed by atoms with Crippen molar-refractivity contribution in [3.8, 4) is 0 Å². The van der Waals surface area contributed by atoms with Gasteiger partial charge in [0.15, 0.2) is 5.82 Å². The molecule has 2 rings (SSSR count). The lowest BCUT2D eigenvalue weighted by atomic mass is 9.88. The maximum absolute atomic E-state index is 5.86. The van der Waals surface area contributed by atoms with Gasteiger partial charge in [0.2, 0.25) is 0 Å². The van der Waals surface area contributed by atoms with Crippen LogP contribution in [0.2, 0.25) is 0 Å². The monoisotopic (exact) mass is 233 g/mol. The van der Waals surface area contributed by atoms with Gasteiger partial charge in [-0.1, -0.05) is 13.8 Å². The van der Waals surface area contributed by atoms with Crippen LogP contribution in [0.1, 0.15) is 20.8 Å². The Balaban J connectivity index is 2.38. The highest BCUT2D eigenvalue weighted by Crippen LogP contribution is 2.23. The Bertz CT molecular complexity index is 504. The molecule has 0 radical (unpaired) electrons. The summed E-state index contributed by atoms with van der Waals surface area (Å²) in [7, 11) is 0. The van der Waals surface area contributed by atoms with E-state index in [0.29, 0.717) is 12.5 Å². The van der Waals surface area contributed by atoms with Crippen LogP contribution in [0.5, 0.6) is 0 Å². The standard InChI is InChI=1S/C12H19N5/c1-9(2)12(3,8-13)16-11-10-4-5-15-17(10)7-6-14-11/h4-7,9H,8,13H2,1-3H3,(H,14,16). The first-order valence-corrected chi connectivity index (χ1v) is 5.83.